The molecule has 2 fully saturated rings. The molecule has 7 nitrogen and oxygen atoms in total. The number of benzene rings is 1. The average Bonchev–Trinajstić information content (AvgIpc) is 2.77. The quantitative estimate of drug-likeness (QED) is 0.693. The third-order valence-corrected chi connectivity index (χ3v) is 9.67. The number of nitrogens with one attached hydrogen (secondary N) is 2. The van der Waals surface area contributed by atoms with Gasteiger partial charge in [0.15, 0.2) is 19.7 Å². The van der Waals surface area contributed by atoms with E-state index in [2.05, 4.69) is 10.6 Å². The van der Waals surface area contributed by atoms with Crippen LogP contribution < -0.4 is 10.6 Å². The maximum Gasteiger partial charge on any atom is 0.221 e. The number of hydrogen-bond donors (Lipinski definition) is 2. The van der Waals surface area contributed by atoms with Crippen molar-refractivity contribution in [3.63, 3.8) is 0 Å². The molecule has 0 spiro atoms. The van der Waals surface area contributed by atoms with Gasteiger partial charge in [-0.1, -0.05) is 25.7 Å². The van der Waals surface area contributed by atoms with E-state index in [1.165, 1.54) is 44.0 Å². The summed E-state index contributed by atoms with van der Waals surface area (Å²) in [7, 11) is -7.24. The van der Waals surface area contributed by atoms with Crippen LogP contribution in [0.2, 0.25) is 0 Å². The van der Waals surface area contributed by atoms with Gasteiger partial charge in [-0.2, -0.15) is 0 Å². The molecule has 0 bridgehead atoms. The van der Waals surface area contributed by atoms with Crippen LogP contribution in [0.25, 0.3) is 0 Å². The molecule has 0 unspecified atom stereocenters. The Bertz CT molecular complexity index is 902. The molecule has 2 aliphatic rings. The van der Waals surface area contributed by atoms with E-state index in [0.717, 1.165) is 25.7 Å². The molecule has 1 saturated heterocycles. The van der Waals surface area contributed by atoms with E-state index in [4.69, 9.17) is 0 Å². The fraction of sp³-hybridized carbons (Fsp3) is 0.632. The second-order valence-corrected chi connectivity index (χ2v) is 12.1. The van der Waals surface area contributed by atoms with Gasteiger partial charge in [-0.3, -0.25) is 4.79 Å². The number of anilines is 1. The van der Waals surface area contributed by atoms with Crippen LogP contribution in [0.1, 0.15) is 45.4 Å². The van der Waals surface area contributed by atoms with Crippen LogP contribution in [0, 0.1) is 0 Å². The summed E-state index contributed by atoms with van der Waals surface area (Å²) in [6.07, 6.45) is 6.41. The normalized spacial score (nSPS) is 25.9. The van der Waals surface area contributed by atoms with Gasteiger partial charge in [-0.05, 0) is 37.1 Å². The lowest BCUT2D eigenvalue weighted by atomic mass is 10.1. The van der Waals surface area contributed by atoms with Crippen molar-refractivity contribution in [3.05, 3.63) is 24.3 Å². The van der Waals surface area contributed by atoms with Crippen LogP contribution in [0.5, 0.6) is 0 Å². The zero-order valence-electron chi connectivity index (χ0n) is 16.1. The summed E-state index contributed by atoms with van der Waals surface area (Å²) in [4.78, 5) is 11.2. The molecule has 2 atom stereocenters. The second-order valence-electron chi connectivity index (χ2n) is 7.83. The minimum absolute atomic E-state index is 0.0800. The van der Waals surface area contributed by atoms with Crippen LogP contribution in [-0.4, -0.2) is 51.6 Å². The third-order valence-electron chi connectivity index (χ3n) is 5.51. The lowest BCUT2D eigenvalue weighted by Gasteiger charge is -2.25. The van der Waals surface area contributed by atoms with Gasteiger partial charge in [0.25, 0.3) is 0 Å². The zero-order chi connectivity index (χ0) is 20.4. The fourth-order valence-corrected chi connectivity index (χ4v) is 8.81. The van der Waals surface area contributed by atoms with Gasteiger partial charge in [0.1, 0.15) is 0 Å². The summed E-state index contributed by atoms with van der Waals surface area (Å²) in [6.45, 7) is 1.37. The number of sulfone groups is 2. The molecule has 1 aliphatic heterocycles. The van der Waals surface area contributed by atoms with E-state index >= 15 is 0 Å². The predicted molar refractivity (Wildman–Crippen MR) is 109 cm³/mol. The Morgan fingerprint density at radius 3 is 2.18 bits per heavy atom. The highest BCUT2D eigenvalue weighted by atomic mass is 32.2. The van der Waals surface area contributed by atoms with E-state index in [-0.39, 0.29) is 28.4 Å². The summed E-state index contributed by atoms with van der Waals surface area (Å²) in [6, 6.07) is 5.47. The Balaban J connectivity index is 1.81. The Morgan fingerprint density at radius 1 is 1.00 bits per heavy atom. The van der Waals surface area contributed by atoms with Gasteiger partial charge in [-0.15, -0.1) is 0 Å². The van der Waals surface area contributed by atoms with Gasteiger partial charge >= 0.3 is 0 Å². The van der Waals surface area contributed by atoms with E-state index in [9.17, 15) is 21.6 Å². The number of carbonyl (C=O) groups excluding carboxylic acids is 1. The highest BCUT2D eigenvalue weighted by molar-refractivity contribution is 7.96. The van der Waals surface area contributed by atoms with E-state index in [1.54, 1.807) is 0 Å². The molecule has 9 heteroatoms. The summed E-state index contributed by atoms with van der Waals surface area (Å²) in [5.41, 5.74) is 0.499. The van der Waals surface area contributed by atoms with Crippen molar-refractivity contribution >= 4 is 31.3 Å². The molecule has 1 heterocycles. The monoisotopic (exact) mass is 428 g/mol. The smallest absolute Gasteiger partial charge is 0.221 e. The van der Waals surface area contributed by atoms with Gasteiger partial charge in [0, 0.05) is 24.7 Å². The first-order valence-electron chi connectivity index (χ1n) is 9.75. The van der Waals surface area contributed by atoms with Gasteiger partial charge in [0.2, 0.25) is 5.91 Å². The third kappa shape index (κ3) is 5.12. The van der Waals surface area contributed by atoms with Crippen LogP contribution in [-0.2, 0) is 24.5 Å². The van der Waals surface area contributed by atoms with E-state index in [0.29, 0.717) is 5.69 Å². The van der Waals surface area contributed by atoms with Crippen LogP contribution in [0.15, 0.2) is 29.2 Å². The molecular weight excluding hydrogens is 400 g/mol. The molecule has 3 rings (SSSR count). The number of carbonyl (C=O) groups is 1. The first-order chi connectivity index (χ1) is 13.2. The van der Waals surface area contributed by atoms with Gasteiger partial charge in [-0.25, -0.2) is 16.8 Å². The molecule has 1 aromatic carbocycles. The molecule has 1 aromatic rings. The topological polar surface area (TPSA) is 109 Å². The standard InChI is InChI=1S/C19H28N2O5S2/c1-14(22)20-16-8-10-17(11-9-16)28(25,26)19-13-27(23,24)12-18(19)21-15-6-4-2-3-5-7-15/h8-11,15,18-19,21H,2-7,12-13H2,1H3,(H,20,22)/t18-,19-/m1/s1. The van der Waals surface area contributed by atoms with Crippen molar-refractivity contribution in [1.82, 2.24) is 5.32 Å². The van der Waals surface area contributed by atoms with Gasteiger partial charge in [0.05, 0.1) is 21.7 Å². The first kappa shape index (κ1) is 21.3. The summed E-state index contributed by atoms with van der Waals surface area (Å²) >= 11 is 0. The van der Waals surface area contributed by atoms with Gasteiger partial charge < -0.3 is 10.6 Å². The van der Waals surface area contributed by atoms with Crippen molar-refractivity contribution < 1.29 is 21.6 Å². The summed E-state index contributed by atoms with van der Waals surface area (Å²) < 4.78 is 50.9. The SMILES string of the molecule is CC(=O)Nc1ccc(S(=O)(=O)[C@@H]2CS(=O)(=O)C[C@H]2NC2CCCCCC2)cc1. The molecule has 2 N–H and O–H groups in total. The lowest BCUT2D eigenvalue weighted by Crippen LogP contribution is -2.47. The van der Waals surface area contributed by atoms with Crippen LogP contribution in [0.4, 0.5) is 5.69 Å². The second kappa shape index (κ2) is 8.51. The number of amides is 1. The largest absolute Gasteiger partial charge is 0.326 e. The Kier molecular flexibility index (Phi) is 6.46. The van der Waals surface area contributed by atoms with Crippen LogP contribution >= 0.6 is 0 Å². The molecule has 1 aliphatic carbocycles. The lowest BCUT2D eigenvalue weighted by molar-refractivity contribution is -0.114. The van der Waals surface area contributed by atoms with Crippen molar-refractivity contribution in [1.29, 1.82) is 0 Å². The minimum Gasteiger partial charge on any atom is -0.326 e. The highest BCUT2D eigenvalue weighted by Crippen LogP contribution is 2.28. The van der Waals surface area contributed by atoms with E-state index in [1.807, 2.05) is 0 Å². The predicted octanol–water partition coefficient (Wildman–Crippen LogP) is 1.90. The van der Waals surface area contributed by atoms with Crippen molar-refractivity contribution in [2.45, 2.75) is 67.7 Å². The van der Waals surface area contributed by atoms with Crippen LogP contribution in [0.3, 0.4) is 0 Å². The van der Waals surface area contributed by atoms with Crippen molar-refractivity contribution in [2.75, 3.05) is 16.8 Å². The maximum absolute atomic E-state index is 13.2. The summed E-state index contributed by atoms with van der Waals surface area (Å²) in [5.74, 6) is -0.741. The molecule has 0 aromatic heterocycles. The zero-order valence-corrected chi connectivity index (χ0v) is 17.7. The number of rotatable bonds is 5. The first-order valence-corrected chi connectivity index (χ1v) is 13.1. The number of hydrogen-bond acceptors (Lipinski definition) is 6. The maximum atomic E-state index is 13.2. The Labute approximate surface area is 167 Å². The van der Waals surface area contributed by atoms with Crippen molar-refractivity contribution in [2.24, 2.45) is 0 Å². The molecule has 1 amide bonds. The fourth-order valence-electron chi connectivity index (χ4n) is 4.13. The highest BCUT2D eigenvalue weighted by Gasteiger charge is 2.46. The van der Waals surface area contributed by atoms with E-state index < -0.39 is 31.0 Å². The Hall–Kier alpha value is -1.45. The Morgan fingerprint density at radius 2 is 1.61 bits per heavy atom. The average molecular weight is 429 g/mol. The molecule has 28 heavy (non-hydrogen) atoms. The summed E-state index contributed by atoms with van der Waals surface area (Å²) in [5, 5.41) is 4.96. The van der Waals surface area contributed by atoms with Crippen molar-refractivity contribution in [3.8, 4) is 0 Å². The molecule has 1 saturated carbocycles. The minimum atomic E-state index is -3.82. The molecule has 156 valence electrons. The molecule has 0 radical (unpaired) electrons. The molecular formula is C19H28N2O5S2.